The van der Waals surface area contributed by atoms with E-state index in [4.69, 9.17) is 0 Å². The summed E-state index contributed by atoms with van der Waals surface area (Å²) in [5.74, 6) is -1.01. The van der Waals surface area contributed by atoms with Gasteiger partial charge in [-0.25, -0.2) is 8.78 Å². The fourth-order valence-electron chi connectivity index (χ4n) is 1.95. The first-order valence-corrected chi connectivity index (χ1v) is 7.85. The van der Waals surface area contributed by atoms with Crippen molar-refractivity contribution < 1.29 is 8.78 Å². The normalized spacial score (nSPS) is 10.9. The lowest BCUT2D eigenvalue weighted by Crippen LogP contribution is -2.14. The van der Waals surface area contributed by atoms with Gasteiger partial charge in [-0.15, -0.1) is 0 Å². The first kappa shape index (κ1) is 16.0. The van der Waals surface area contributed by atoms with Crippen molar-refractivity contribution >= 4 is 11.8 Å². The lowest BCUT2D eigenvalue weighted by molar-refractivity contribution is 0.534. The molecule has 0 saturated carbocycles. The van der Waals surface area contributed by atoms with E-state index in [1.165, 1.54) is 12.1 Å². The van der Waals surface area contributed by atoms with Crippen LogP contribution < -0.4 is 5.32 Å². The molecule has 1 N–H and O–H groups in total. The molecule has 1 nitrogen and oxygen atoms in total. The van der Waals surface area contributed by atoms with Gasteiger partial charge < -0.3 is 5.32 Å². The second kappa shape index (κ2) is 7.57. The number of aryl methyl sites for hydroxylation is 1. The molecule has 2 aromatic rings. The molecule has 0 amide bonds. The Hall–Kier alpha value is -1.39. The molecule has 0 aromatic heterocycles. The first-order valence-electron chi connectivity index (χ1n) is 7.03. The molecule has 0 aliphatic rings. The van der Waals surface area contributed by atoms with Gasteiger partial charge in [0, 0.05) is 11.4 Å². The van der Waals surface area contributed by atoms with Crippen molar-refractivity contribution in [3.05, 3.63) is 59.2 Å². The molecule has 4 heteroatoms. The van der Waals surface area contributed by atoms with E-state index in [1.54, 1.807) is 0 Å². The summed E-state index contributed by atoms with van der Waals surface area (Å²) in [4.78, 5) is 0.883. The van der Waals surface area contributed by atoms with Gasteiger partial charge in [0.2, 0.25) is 0 Å². The maximum Gasteiger partial charge on any atom is 0.140 e. The maximum absolute atomic E-state index is 14.1. The Morgan fingerprint density at radius 3 is 2.24 bits per heavy atom. The lowest BCUT2D eigenvalue weighted by Gasteiger charge is -2.09. The number of hydrogen-bond acceptors (Lipinski definition) is 2. The maximum atomic E-state index is 14.1. The topological polar surface area (TPSA) is 12.0 Å². The van der Waals surface area contributed by atoms with Crippen LogP contribution in [0.15, 0.2) is 46.2 Å². The van der Waals surface area contributed by atoms with Gasteiger partial charge >= 0.3 is 0 Å². The van der Waals surface area contributed by atoms with Crippen LogP contribution in [-0.4, -0.2) is 6.54 Å². The summed E-state index contributed by atoms with van der Waals surface area (Å²) in [6, 6.07) is 10.4. The molecule has 0 radical (unpaired) electrons. The quantitative estimate of drug-likeness (QED) is 0.760. The predicted octanol–water partition coefficient (Wildman–Crippen LogP) is 4.92. The second-order valence-corrected chi connectivity index (χ2v) is 6.06. The zero-order valence-corrected chi connectivity index (χ0v) is 13.1. The highest BCUT2D eigenvalue weighted by Gasteiger charge is 2.12. The number of benzene rings is 2. The van der Waals surface area contributed by atoms with E-state index in [-0.39, 0.29) is 4.90 Å². The highest BCUT2D eigenvalue weighted by molar-refractivity contribution is 7.99. The fraction of sp³-hybridized carbons (Fsp3) is 0.294. The standard InChI is InChI=1S/C17H19F2NS/c1-3-8-20-11-13-9-15(18)17(16(19)10-13)21-14-6-4-12(2)5-7-14/h4-7,9-10,20H,3,8,11H2,1-2H3. The van der Waals surface area contributed by atoms with Gasteiger partial charge in [0.25, 0.3) is 0 Å². The zero-order valence-electron chi connectivity index (χ0n) is 12.2. The molecular weight excluding hydrogens is 288 g/mol. The largest absolute Gasteiger partial charge is 0.313 e. The van der Waals surface area contributed by atoms with Crippen molar-refractivity contribution in [3.63, 3.8) is 0 Å². The molecule has 0 aliphatic carbocycles. The van der Waals surface area contributed by atoms with Crippen molar-refractivity contribution in [2.24, 2.45) is 0 Å². The minimum absolute atomic E-state index is 0.0538. The average Bonchev–Trinajstić information content (AvgIpc) is 2.45. The molecule has 0 saturated heterocycles. The van der Waals surface area contributed by atoms with Crippen LogP contribution in [-0.2, 0) is 6.54 Å². The SMILES string of the molecule is CCCNCc1cc(F)c(Sc2ccc(C)cc2)c(F)c1. The molecule has 0 unspecified atom stereocenters. The summed E-state index contributed by atoms with van der Waals surface area (Å²) in [5.41, 5.74) is 1.75. The van der Waals surface area contributed by atoms with Crippen molar-refractivity contribution in [2.75, 3.05) is 6.54 Å². The molecule has 112 valence electrons. The molecule has 0 spiro atoms. The van der Waals surface area contributed by atoms with E-state index in [0.717, 1.165) is 35.2 Å². The van der Waals surface area contributed by atoms with E-state index in [0.29, 0.717) is 12.1 Å². The summed E-state index contributed by atoms with van der Waals surface area (Å²) in [7, 11) is 0. The Morgan fingerprint density at radius 1 is 1.05 bits per heavy atom. The van der Waals surface area contributed by atoms with Crippen LogP contribution in [0, 0.1) is 18.6 Å². The highest BCUT2D eigenvalue weighted by atomic mass is 32.2. The minimum Gasteiger partial charge on any atom is -0.313 e. The van der Waals surface area contributed by atoms with Crippen LogP contribution >= 0.6 is 11.8 Å². The third kappa shape index (κ3) is 4.55. The summed E-state index contributed by atoms with van der Waals surface area (Å²) in [6.07, 6.45) is 0.992. The predicted molar refractivity (Wildman–Crippen MR) is 83.7 cm³/mol. The summed E-state index contributed by atoms with van der Waals surface area (Å²) >= 11 is 1.12. The van der Waals surface area contributed by atoms with E-state index < -0.39 is 11.6 Å². The second-order valence-electron chi connectivity index (χ2n) is 4.98. The van der Waals surface area contributed by atoms with Crippen LogP contribution in [0.2, 0.25) is 0 Å². The Labute approximate surface area is 128 Å². The van der Waals surface area contributed by atoms with Gasteiger partial charge in [-0.2, -0.15) is 0 Å². The summed E-state index contributed by atoms with van der Waals surface area (Å²) < 4.78 is 28.2. The molecule has 0 aliphatic heterocycles. The number of nitrogens with one attached hydrogen (secondary N) is 1. The summed E-state index contributed by atoms with van der Waals surface area (Å²) in [6.45, 7) is 5.35. The number of rotatable bonds is 6. The van der Waals surface area contributed by atoms with Crippen molar-refractivity contribution in [1.82, 2.24) is 5.32 Å². The van der Waals surface area contributed by atoms with Crippen LogP contribution in [0.3, 0.4) is 0 Å². The Balaban J connectivity index is 2.14. The summed E-state index contributed by atoms with van der Waals surface area (Å²) in [5, 5.41) is 3.14. The smallest absolute Gasteiger partial charge is 0.140 e. The molecule has 21 heavy (non-hydrogen) atoms. The van der Waals surface area contributed by atoms with E-state index >= 15 is 0 Å². The van der Waals surface area contributed by atoms with Crippen molar-refractivity contribution in [3.8, 4) is 0 Å². The van der Waals surface area contributed by atoms with Gasteiger partial charge in [0.1, 0.15) is 11.6 Å². The van der Waals surface area contributed by atoms with E-state index in [2.05, 4.69) is 12.2 Å². The molecule has 0 heterocycles. The lowest BCUT2D eigenvalue weighted by atomic mass is 10.2. The van der Waals surface area contributed by atoms with Crippen molar-refractivity contribution in [1.29, 1.82) is 0 Å². The minimum atomic E-state index is -0.506. The van der Waals surface area contributed by atoms with Crippen molar-refractivity contribution in [2.45, 2.75) is 36.6 Å². The Bertz CT molecular complexity index is 573. The Morgan fingerprint density at radius 2 is 1.67 bits per heavy atom. The van der Waals surface area contributed by atoms with Crippen LogP contribution in [0.25, 0.3) is 0 Å². The van der Waals surface area contributed by atoms with Crippen LogP contribution in [0.4, 0.5) is 8.78 Å². The third-order valence-corrected chi connectivity index (χ3v) is 4.16. The third-order valence-electron chi connectivity index (χ3n) is 3.05. The van der Waals surface area contributed by atoms with Gasteiger partial charge in [-0.05, 0) is 49.7 Å². The molecule has 2 aromatic carbocycles. The average molecular weight is 307 g/mol. The number of hydrogen-bond donors (Lipinski definition) is 1. The fourth-order valence-corrected chi connectivity index (χ4v) is 2.77. The zero-order chi connectivity index (χ0) is 15.2. The van der Waals surface area contributed by atoms with Gasteiger partial charge in [0.15, 0.2) is 0 Å². The van der Waals surface area contributed by atoms with Gasteiger partial charge in [-0.1, -0.05) is 36.4 Å². The monoisotopic (exact) mass is 307 g/mol. The molecule has 2 rings (SSSR count). The molecule has 0 atom stereocenters. The Kier molecular flexibility index (Phi) is 5.76. The van der Waals surface area contributed by atoms with E-state index in [9.17, 15) is 8.78 Å². The van der Waals surface area contributed by atoms with Gasteiger partial charge in [0.05, 0.1) is 4.90 Å². The first-order chi connectivity index (χ1) is 10.1. The van der Waals surface area contributed by atoms with E-state index in [1.807, 2.05) is 31.2 Å². The van der Waals surface area contributed by atoms with Crippen LogP contribution in [0.5, 0.6) is 0 Å². The van der Waals surface area contributed by atoms with Crippen LogP contribution in [0.1, 0.15) is 24.5 Å². The number of halogens is 2. The molecular formula is C17H19F2NS. The highest BCUT2D eigenvalue weighted by Crippen LogP contribution is 2.32. The van der Waals surface area contributed by atoms with Gasteiger partial charge in [-0.3, -0.25) is 0 Å². The molecule has 0 bridgehead atoms. The molecule has 0 fully saturated rings.